The number of nitrogens with zero attached hydrogens (tertiary/aromatic N) is 2. The van der Waals surface area contributed by atoms with E-state index in [2.05, 4.69) is 50.4 Å². The van der Waals surface area contributed by atoms with Gasteiger partial charge in [0.05, 0.1) is 0 Å². The van der Waals surface area contributed by atoms with Gasteiger partial charge in [0.25, 0.3) is 0 Å². The molecular weight excluding hydrogens is 370 g/mol. The molecule has 2 heterocycles. The summed E-state index contributed by atoms with van der Waals surface area (Å²) < 4.78 is 0. The van der Waals surface area contributed by atoms with Crippen LogP contribution in [-0.4, -0.2) is 57.0 Å². The maximum atomic E-state index is 11.8. The molecule has 2 fully saturated rings. The fourth-order valence-electron chi connectivity index (χ4n) is 4.15. The number of hydrogen-bond acceptors (Lipinski definition) is 4. The van der Waals surface area contributed by atoms with E-state index in [4.69, 9.17) is 0 Å². The van der Waals surface area contributed by atoms with E-state index < -0.39 is 0 Å². The van der Waals surface area contributed by atoms with Crippen molar-refractivity contribution in [2.24, 2.45) is 16.8 Å². The minimum absolute atomic E-state index is 0.231. The van der Waals surface area contributed by atoms with Crippen molar-refractivity contribution in [3.05, 3.63) is 22.4 Å². The number of carbonyl (C=O) groups excluding carboxylic acids is 1. The first-order valence-electron chi connectivity index (χ1n) is 10.6. The highest BCUT2D eigenvalue weighted by molar-refractivity contribution is 7.10. The molecule has 2 unspecified atom stereocenters. The van der Waals surface area contributed by atoms with Crippen LogP contribution in [0.25, 0.3) is 0 Å². The summed E-state index contributed by atoms with van der Waals surface area (Å²) in [6.45, 7) is 3.63. The van der Waals surface area contributed by atoms with Crippen molar-refractivity contribution < 1.29 is 4.79 Å². The minimum atomic E-state index is 0.231. The first-order chi connectivity index (χ1) is 13.7. The second kappa shape index (κ2) is 10.8. The zero-order chi connectivity index (χ0) is 19.8. The van der Waals surface area contributed by atoms with Crippen LogP contribution in [0.2, 0.25) is 0 Å². The Morgan fingerprint density at radius 2 is 2.04 bits per heavy atom. The molecule has 0 aromatic carbocycles. The molecule has 0 spiro atoms. The maximum absolute atomic E-state index is 11.8. The Morgan fingerprint density at radius 1 is 1.21 bits per heavy atom. The van der Waals surface area contributed by atoms with E-state index in [0.717, 1.165) is 44.9 Å². The van der Waals surface area contributed by atoms with Crippen molar-refractivity contribution in [1.29, 1.82) is 0 Å². The molecule has 1 amide bonds. The Balaban J connectivity index is 1.37. The molecule has 1 saturated carbocycles. The molecule has 1 saturated heterocycles. The summed E-state index contributed by atoms with van der Waals surface area (Å²) >= 11 is 1.86. The average molecular weight is 406 g/mol. The van der Waals surface area contributed by atoms with Gasteiger partial charge in [0.1, 0.15) is 0 Å². The number of nitrogens with one attached hydrogen (secondary N) is 3. The van der Waals surface area contributed by atoms with E-state index in [1.54, 1.807) is 0 Å². The average Bonchev–Trinajstić information content (AvgIpc) is 3.16. The van der Waals surface area contributed by atoms with Crippen LogP contribution >= 0.6 is 11.3 Å². The zero-order valence-electron chi connectivity index (χ0n) is 17.2. The van der Waals surface area contributed by atoms with Crippen LogP contribution in [0.4, 0.5) is 0 Å². The summed E-state index contributed by atoms with van der Waals surface area (Å²) in [6, 6.07) is 4.90. The van der Waals surface area contributed by atoms with Crippen LogP contribution in [0, 0.1) is 11.8 Å². The number of piperidine rings is 1. The van der Waals surface area contributed by atoms with E-state index in [9.17, 15) is 4.79 Å². The quantitative estimate of drug-likeness (QED) is 0.353. The van der Waals surface area contributed by atoms with Gasteiger partial charge < -0.3 is 16.0 Å². The Hall–Kier alpha value is -1.60. The number of hydrogen-bond donors (Lipinski definition) is 3. The number of carbonyl (C=O) groups is 1. The molecule has 0 bridgehead atoms. The molecule has 3 rings (SSSR count). The van der Waals surface area contributed by atoms with Gasteiger partial charge in [0.15, 0.2) is 5.96 Å². The number of rotatable bonds is 8. The van der Waals surface area contributed by atoms with E-state index in [1.807, 2.05) is 18.4 Å². The molecule has 2 atom stereocenters. The summed E-state index contributed by atoms with van der Waals surface area (Å²) in [7, 11) is 4.05. The molecule has 3 N–H and O–H groups in total. The fraction of sp³-hybridized carbons (Fsp3) is 0.714. The molecular formula is C21H35N5OS. The molecule has 6 nitrogen and oxygen atoms in total. The largest absolute Gasteiger partial charge is 0.356 e. The second-order valence-electron chi connectivity index (χ2n) is 8.00. The normalized spacial score (nSPS) is 23.9. The monoisotopic (exact) mass is 405 g/mol. The highest BCUT2D eigenvalue weighted by Gasteiger charge is 2.31. The topological polar surface area (TPSA) is 68.8 Å². The lowest BCUT2D eigenvalue weighted by atomic mass is 9.85. The molecule has 1 aliphatic carbocycles. The van der Waals surface area contributed by atoms with Gasteiger partial charge in [0.2, 0.25) is 5.91 Å². The maximum Gasteiger partial charge on any atom is 0.223 e. The van der Waals surface area contributed by atoms with Crippen LogP contribution < -0.4 is 16.0 Å². The summed E-state index contributed by atoms with van der Waals surface area (Å²) in [5, 5.41) is 12.1. The van der Waals surface area contributed by atoms with Gasteiger partial charge in [-0.05, 0) is 63.1 Å². The first-order valence-corrected chi connectivity index (χ1v) is 11.5. The van der Waals surface area contributed by atoms with Crippen molar-refractivity contribution in [2.45, 2.75) is 44.6 Å². The first kappa shape index (κ1) is 21.1. The summed E-state index contributed by atoms with van der Waals surface area (Å²) in [5.41, 5.74) is 0. The van der Waals surface area contributed by atoms with Crippen LogP contribution in [-0.2, 0) is 4.79 Å². The van der Waals surface area contributed by atoms with E-state index in [0.29, 0.717) is 12.0 Å². The molecule has 1 aromatic heterocycles. The standard InChI is InChI=1S/C21H35N5OS/c1-22-21(24-12-6-11-23-20(27)16-7-3-8-16)25-15-17-9-4-13-26(2)19(17)18-10-5-14-28-18/h5,10,14,16-17,19H,3-4,6-9,11-13,15H2,1-2H3,(H,23,27)(H2,22,24,25). The number of thiophene rings is 1. The zero-order valence-corrected chi connectivity index (χ0v) is 18.1. The smallest absolute Gasteiger partial charge is 0.223 e. The van der Waals surface area contributed by atoms with E-state index in [1.165, 1.54) is 30.7 Å². The Kier molecular flexibility index (Phi) is 8.15. The predicted molar refractivity (Wildman–Crippen MR) is 117 cm³/mol. The molecule has 1 aromatic rings. The van der Waals surface area contributed by atoms with Gasteiger partial charge in [-0.2, -0.15) is 0 Å². The van der Waals surface area contributed by atoms with Crippen molar-refractivity contribution in [3.8, 4) is 0 Å². The Bertz CT molecular complexity index is 629. The molecule has 156 valence electrons. The van der Waals surface area contributed by atoms with Crippen LogP contribution in [0.3, 0.4) is 0 Å². The van der Waals surface area contributed by atoms with Crippen molar-refractivity contribution in [3.63, 3.8) is 0 Å². The highest BCUT2D eigenvalue weighted by atomic mass is 32.1. The molecule has 7 heteroatoms. The number of amides is 1. The lowest BCUT2D eigenvalue weighted by Crippen LogP contribution is -2.45. The second-order valence-corrected chi connectivity index (χ2v) is 8.97. The van der Waals surface area contributed by atoms with Gasteiger partial charge in [-0.1, -0.05) is 12.5 Å². The molecule has 0 radical (unpaired) electrons. The third-order valence-electron chi connectivity index (χ3n) is 6.02. The summed E-state index contributed by atoms with van der Waals surface area (Å²) in [5.74, 6) is 1.93. The molecule has 28 heavy (non-hydrogen) atoms. The third kappa shape index (κ3) is 5.70. The fourth-order valence-corrected chi connectivity index (χ4v) is 5.14. The number of likely N-dealkylation sites (tertiary alicyclic amines) is 1. The van der Waals surface area contributed by atoms with Crippen molar-refractivity contribution in [1.82, 2.24) is 20.9 Å². The number of guanidine groups is 1. The van der Waals surface area contributed by atoms with Gasteiger partial charge in [-0.25, -0.2) is 0 Å². The number of aliphatic imine (C=N–C) groups is 1. The molecule has 1 aliphatic heterocycles. The summed E-state index contributed by atoms with van der Waals surface area (Å²) in [4.78, 5) is 20.1. The van der Waals surface area contributed by atoms with Gasteiger partial charge >= 0.3 is 0 Å². The predicted octanol–water partition coefficient (Wildman–Crippen LogP) is 2.60. The summed E-state index contributed by atoms with van der Waals surface area (Å²) in [6.07, 6.45) is 6.71. The van der Waals surface area contributed by atoms with Crippen LogP contribution in [0.5, 0.6) is 0 Å². The Labute approximate surface area is 173 Å². The van der Waals surface area contributed by atoms with Crippen molar-refractivity contribution >= 4 is 23.2 Å². The molecule has 2 aliphatic rings. The Morgan fingerprint density at radius 3 is 2.71 bits per heavy atom. The van der Waals surface area contributed by atoms with Crippen LogP contribution in [0.15, 0.2) is 22.5 Å². The third-order valence-corrected chi connectivity index (χ3v) is 6.96. The van der Waals surface area contributed by atoms with Crippen molar-refractivity contribution in [2.75, 3.05) is 40.3 Å². The van der Waals surface area contributed by atoms with Crippen LogP contribution in [0.1, 0.15) is 49.4 Å². The highest BCUT2D eigenvalue weighted by Crippen LogP contribution is 2.36. The van der Waals surface area contributed by atoms with Gasteiger partial charge in [0, 0.05) is 43.5 Å². The van der Waals surface area contributed by atoms with E-state index in [-0.39, 0.29) is 11.8 Å². The SMILES string of the molecule is CN=C(NCCCNC(=O)C1CCC1)NCC1CCCN(C)C1c1cccs1. The lowest BCUT2D eigenvalue weighted by molar-refractivity contribution is -0.127. The van der Waals surface area contributed by atoms with Gasteiger partial charge in [-0.3, -0.25) is 14.7 Å². The lowest BCUT2D eigenvalue weighted by Gasteiger charge is -2.39. The van der Waals surface area contributed by atoms with E-state index >= 15 is 0 Å². The minimum Gasteiger partial charge on any atom is -0.356 e. The van der Waals surface area contributed by atoms with Gasteiger partial charge in [-0.15, -0.1) is 11.3 Å².